The first-order valence-corrected chi connectivity index (χ1v) is 10.7. The van der Waals surface area contributed by atoms with Crippen LogP contribution in [0.2, 0.25) is 0 Å². The van der Waals surface area contributed by atoms with E-state index in [1.54, 1.807) is 24.3 Å². The maximum absolute atomic E-state index is 12.9. The van der Waals surface area contributed by atoms with Crippen molar-refractivity contribution in [3.8, 4) is 0 Å². The molecule has 1 aliphatic rings. The normalized spacial score (nSPS) is 14.0. The zero-order valence-corrected chi connectivity index (χ0v) is 16.5. The molecule has 4 nitrogen and oxygen atoms in total. The van der Waals surface area contributed by atoms with Gasteiger partial charge in [-0.25, -0.2) is 8.42 Å². The number of nitrogens with one attached hydrogen (secondary N) is 1. The number of halogens is 3. The highest BCUT2D eigenvalue weighted by molar-refractivity contribution is 7.92. The molecule has 0 saturated carbocycles. The van der Waals surface area contributed by atoms with Gasteiger partial charge in [-0.1, -0.05) is 42.5 Å². The minimum absolute atomic E-state index is 0.251. The van der Waals surface area contributed by atoms with Crippen LogP contribution in [0.3, 0.4) is 0 Å². The summed E-state index contributed by atoms with van der Waals surface area (Å²) in [6.45, 7) is 0.677. The molecule has 3 aromatic carbocycles. The van der Waals surface area contributed by atoms with Gasteiger partial charge in [0.1, 0.15) is 0 Å². The van der Waals surface area contributed by atoms with Gasteiger partial charge in [0.25, 0.3) is 10.0 Å². The van der Waals surface area contributed by atoms with Gasteiger partial charge in [0.05, 0.1) is 16.2 Å². The SMILES string of the molecule is O=S(=O)(Nc1ccc(C2=NCCc3ccccc32)cc1)c1cccc(C(F)(F)F)c1. The van der Waals surface area contributed by atoms with Crippen LogP contribution < -0.4 is 4.72 Å². The zero-order valence-electron chi connectivity index (χ0n) is 15.6. The van der Waals surface area contributed by atoms with E-state index < -0.39 is 26.7 Å². The number of benzene rings is 3. The summed E-state index contributed by atoms with van der Waals surface area (Å²) in [6, 6.07) is 18.2. The minimum atomic E-state index is -4.62. The summed E-state index contributed by atoms with van der Waals surface area (Å²) in [6.07, 6.45) is -3.75. The predicted molar refractivity (Wildman–Crippen MR) is 109 cm³/mol. The van der Waals surface area contributed by atoms with Crippen LogP contribution in [0.5, 0.6) is 0 Å². The van der Waals surface area contributed by atoms with Crippen molar-refractivity contribution in [2.24, 2.45) is 4.99 Å². The lowest BCUT2D eigenvalue weighted by molar-refractivity contribution is -0.137. The van der Waals surface area contributed by atoms with Crippen molar-refractivity contribution in [2.45, 2.75) is 17.5 Å². The fourth-order valence-electron chi connectivity index (χ4n) is 3.34. The lowest BCUT2D eigenvalue weighted by atomic mass is 9.93. The molecular formula is C22H17F3N2O2S. The van der Waals surface area contributed by atoms with E-state index in [1.807, 2.05) is 18.2 Å². The third kappa shape index (κ3) is 4.09. The molecular weight excluding hydrogens is 413 g/mol. The number of nitrogens with zero attached hydrogens (tertiary/aromatic N) is 1. The van der Waals surface area contributed by atoms with Crippen molar-refractivity contribution in [1.82, 2.24) is 0 Å². The molecule has 1 N–H and O–H groups in total. The summed E-state index contributed by atoms with van der Waals surface area (Å²) in [7, 11) is -4.16. The zero-order chi connectivity index (χ0) is 21.4. The number of hydrogen-bond acceptors (Lipinski definition) is 3. The number of hydrogen-bond donors (Lipinski definition) is 1. The summed E-state index contributed by atoms with van der Waals surface area (Å²) >= 11 is 0. The molecule has 0 radical (unpaired) electrons. The van der Waals surface area contributed by atoms with E-state index in [9.17, 15) is 21.6 Å². The second kappa shape index (κ2) is 7.60. The van der Waals surface area contributed by atoms with Crippen LogP contribution in [0, 0.1) is 0 Å². The second-order valence-corrected chi connectivity index (χ2v) is 8.53. The average molecular weight is 430 g/mol. The molecule has 0 fully saturated rings. The van der Waals surface area contributed by atoms with Crippen LogP contribution in [0.15, 0.2) is 82.7 Å². The van der Waals surface area contributed by atoms with E-state index in [-0.39, 0.29) is 5.69 Å². The van der Waals surface area contributed by atoms with Crippen LogP contribution in [0.4, 0.5) is 18.9 Å². The molecule has 1 aliphatic heterocycles. The van der Waals surface area contributed by atoms with Crippen LogP contribution in [-0.2, 0) is 22.6 Å². The molecule has 0 aromatic heterocycles. The summed E-state index contributed by atoms with van der Waals surface area (Å²) in [5, 5.41) is 0. The fraction of sp³-hybridized carbons (Fsp3) is 0.136. The number of rotatable bonds is 4. The third-order valence-corrected chi connectivity index (χ3v) is 6.18. The van der Waals surface area contributed by atoms with E-state index >= 15 is 0 Å². The molecule has 0 bridgehead atoms. The molecule has 1 heterocycles. The largest absolute Gasteiger partial charge is 0.416 e. The Morgan fingerprint density at radius 3 is 2.37 bits per heavy atom. The molecule has 154 valence electrons. The first kappa shape index (κ1) is 20.2. The molecule has 4 rings (SSSR count). The van der Waals surface area contributed by atoms with Crippen molar-refractivity contribution >= 4 is 21.4 Å². The molecule has 0 spiro atoms. The quantitative estimate of drug-likeness (QED) is 0.640. The molecule has 0 saturated heterocycles. The first-order chi connectivity index (χ1) is 14.2. The highest BCUT2D eigenvalue weighted by Gasteiger charge is 2.31. The smallest absolute Gasteiger partial charge is 0.284 e. The molecule has 0 amide bonds. The van der Waals surface area contributed by atoms with Gasteiger partial charge >= 0.3 is 6.18 Å². The van der Waals surface area contributed by atoms with Gasteiger partial charge in [0, 0.05) is 23.4 Å². The lowest BCUT2D eigenvalue weighted by Gasteiger charge is -2.17. The van der Waals surface area contributed by atoms with Gasteiger partial charge in [0.15, 0.2) is 0 Å². The number of aliphatic imine (C=N–C) groups is 1. The Morgan fingerprint density at radius 1 is 0.900 bits per heavy atom. The standard InChI is InChI=1S/C22H17F3N2O2S/c23-22(24,25)17-5-3-6-19(14-17)30(28,29)27-18-10-8-16(9-11-18)21-20-7-2-1-4-15(20)12-13-26-21/h1-11,14,27H,12-13H2. The Kier molecular flexibility index (Phi) is 5.11. The third-order valence-electron chi connectivity index (χ3n) is 4.81. The Hall–Kier alpha value is -3.13. The van der Waals surface area contributed by atoms with Gasteiger partial charge < -0.3 is 0 Å². The molecule has 0 unspecified atom stereocenters. The first-order valence-electron chi connectivity index (χ1n) is 9.17. The Labute approximate surface area is 172 Å². The maximum atomic E-state index is 12.9. The molecule has 30 heavy (non-hydrogen) atoms. The minimum Gasteiger partial charge on any atom is -0.284 e. The number of anilines is 1. The summed E-state index contributed by atoms with van der Waals surface area (Å²) in [5.74, 6) is 0. The van der Waals surface area contributed by atoms with Gasteiger partial charge in [-0.05, 0) is 42.3 Å². The van der Waals surface area contributed by atoms with Crippen LogP contribution in [0.1, 0.15) is 22.3 Å². The van der Waals surface area contributed by atoms with E-state index in [4.69, 9.17) is 0 Å². The van der Waals surface area contributed by atoms with Crippen molar-refractivity contribution < 1.29 is 21.6 Å². The molecule has 8 heteroatoms. The maximum Gasteiger partial charge on any atom is 0.416 e. The van der Waals surface area contributed by atoms with E-state index in [0.717, 1.165) is 41.5 Å². The number of alkyl halides is 3. The summed E-state index contributed by atoms with van der Waals surface area (Å²) in [5.41, 5.74) is 3.15. The molecule has 0 atom stereocenters. The highest BCUT2D eigenvalue weighted by Crippen LogP contribution is 2.31. The van der Waals surface area contributed by atoms with Gasteiger partial charge in [-0.15, -0.1) is 0 Å². The summed E-state index contributed by atoms with van der Waals surface area (Å²) < 4.78 is 66.0. The number of sulfonamides is 1. The predicted octanol–water partition coefficient (Wildman–Crippen LogP) is 4.90. The summed E-state index contributed by atoms with van der Waals surface area (Å²) in [4.78, 5) is 4.15. The Morgan fingerprint density at radius 2 is 1.63 bits per heavy atom. The van der Waals surface area contributed by atoms with Crippen LogP contribution in [0.25, 0.3) is 0 Å². The van der Waals surface area contributed by atoms with Crippen molar-refractivity contribution in [2.75, 3.05) is 11.3 Å². The second-order valence-electron chi connectivity index (χ2n) is 6.85. The average Bonchev–Trinajstić information content (AvgIpc) is 2.73. The monoisotopic (exact) mass is 430 g/mol. The topological polar surface area (TPSA) is 58.5 Å². The Balaban J connectivity index is 1.58. The van der Waals surface area contributed by atoms with Crippen molar-refractivity contribution in [1.29, 1.82) is 0 Å². The van der Waals surface area contributed by atoms with Crippen molar-refractivity contribution in [3.05, 3.63) is 95.1 Å². The van der Waals surface area contributed by atoms with E-state index in [0.29, 0.717) is 12.6 Å². The van der Waals surface area contributed by atoms with Gasteiger partial charge in [-0.3, -0.25) is 9.71 Å². The number of fused-ring (bicyclic) bond motifs is 1. The molecule has 0 aliphatic carbocycles. The molecule has 3 aromatic rings. The van der Waals surface area contributed by atoms with Crippen LogP contribution in [-0.4, -0.2) is 20.7 Å². The van der Waals surface area contributed by atoms with E-state index in [2.05, 4.69) is 15.8 Å². The van der Waals surface area contributed by atoms with Crippen LogP contribution >= 0.6 is 0 Å². The fourth-order valence-corrected chi connectivity index (χ4v) is 4.44. The highest BCUT2D eigenvalue weighted by atomic mass is 32.2. The van der Waals surface area contributed by atoms with E-state index in [1.165, 1.54) is 5.56 Å². The van der Waals surface area contributed by atoms with Crippen molar-refractivity contribution in [3.63, 3.8) is 0 Å². The van der Waals surface area contributed by atoms with Gasteiger partial charge in [0.2, 0.25) is 0 Å². The van der Waals surface area contributed by atoms with Gasteiger partial charge in [-0.2, -0.15) is 13.2 Å². The lowest BCUT2D eigenvalue weighted by Crippen LogP contribution is -2.15. The Bertz CT molecular complexity index is 1220.